The van der Waals surface area contributed by atoms with Crippen LogP contribution in [-0.2, 0) is 4.79 Å². The summed E-state index contributed by atoms with van der Waals surface area (Å²) in [6, 6.07) is 10.8. The highest BCUT2D eigenvalue weighted by Gasteiger charge is 2.11. The number of hydrogen-bond donors (Lipinski definition) is 1. The van der Waals surface area contributed by atoms with Crippen molar-refractivity contribution in [1.82, 2.24) is 0 Å². The second kappa shape index (κ2) is 7.99. The van der Waals surface area contributed by atoms with Gasteiger partial charge in [0.05, 0.1) is 16.1 Å². The Bertz CT molecular complexity index is 668. The zero-order valence-electron chi connectivity index (χ0n) is 11.5. The van der Waals surface area contributed by atoms with Crippen molar-refractivity contribution in [3.63, 3.8) is 0 Å². The lowest BCUT2D eigenvalue weighted by Crippen LogP contribution is -2.20. The van der Waals surface area contributed by atoms with Gasteiger partial charge in [-0.2, -0.15) is 0 Å². The van der Waals surface area contributed by atoms with Crippen LogP contribution >= 0.6 is 47.8 Å². The average Bonchev–Trinajstić information content (AvgIpc) is 2.46. The lowest BCUT2D eigenvalue weighted by atomic mass is 10.3. The van der Waals surface area contributed by atoms with Crippen molar-refractivity contribution in [3.8, 4) is 11.5 Å². The smallest absolute Gasteiger partial charge is 0.262 e. The van der Waals surface area contributed by atoms with Gasteiger partial charge in [-0.3, -0.25) is 4.79 Å². The second-order valence-corrected chi connectivity index (χ2v) is 6.89. The molecule has 0 bridgehead atoms. The zero-order chi connectivity index (χ0) is 16.1. The maximum Gasteiger partial charge on any atom is 0.262 e. The number of anilines is 1. The Balaban J connectivity index is 1.98. The molecule has 2 aromatic carbocycles. The lowest BCUT2D eigenvalue weighted by Gasteiger charge is -2.11. The Morgan fingerprint density at radius 2 is 1.82 bits per heavy atom. The third-order valence-corrected chi connectivity index (χ3v) is 4.30. The number of benzene rings is 2. The van der Waals surface area contributed by atoms with Crippen molar-refractivity contribution in [2.75, 3.05) is 19.0 Å². The Hall–Kier alpha value is -1.05. The number of carbonyl (C=O) groups excluding carboxylic acids is 1. The quantitative estimate of drug-likeness (QED) is 0.637. The largest absolute Gasteiger partial charge is 0.497 e. The second-order valence-electron chi connectivity index (χ2n) is 4.27. The van der Waals surface area contributed by atoms with Crippen LogP contribution in [0.4, 0.5) is 5.69 Å². The molecule has 0 saturated carbocycles. The van der Waals surface area contributed by atoms with E-state index in [1.807, 2.05) is 18.2 Å². The topological polar surface area (TPSA) is 47.6 Å². The van der Waals surface area contributed by atoms with Gasteiger partial charge in [-0.25, -0.2) is 0 Å². The van der Waals surface area contributed by atoms with Crippen LogP contribution in [0.1, 0.15) is 0 Å². The Morgan fingerprint density at radius 1 is 1.14 bits per heavy atom. The van der Waals surface area contributed by atoms with E-state index in [1.165, 1.54) is 0 Å². The number of amides is 1. The summed E-state index contributed by atoms with van der Waals surface area (Å²) in [6.45, 7) is -0.101. The zero-order valence-corrected chi connectivity index (χ0v) is 16.3. The molecule has 0 aliphatic rings. The number of nitrogens with one attached hydrogen (secondary N) is 1. The Morgan fingerprint density at radius 3 is 2.45 bits per heavy atom. The van der Waals surface area contributed by atoms with Crippen molar-refractivity contribution in [1.29, 1.82) is 0 Å². The minimum absolute atomic E-state index is 0.101. The highest BCUT2D eigenvalue weighted by molar-refractivity contribution is 9.11. The molecule has 0 fully saturated rings. The molecule has 4 nitrogen and oxygen atoms in total. The van der Waals surface area contributed by atoms with Crippen LogP contribution in [0.15, 0.2) is 49.8 Å². The van der Waals surface area contributed by atoms with Gasteiger partial charge in [-0.05, 0) is 56.1 Å². The van der Waals surface area contributed by atoms with Crippen molar-refractivity contribution < 1.29 is 14.3 Å². The molecule has 7 heteroatoms. The maximum atomic E-state index is 12.0. The van der Waals surface area contributed by atoms with Gasteiger partial charge in [0.15, 0.2) is 6.61 Å². The van der Waals surface area contributed by atoms with E-state index in [0.717, 1.165) is 13.4 Å². The SMILES string of the molecule is COc1cccc(NC(=O)COc2c(Br)cc(Br)cc2Br)c1. The normalized spacial score (nSPS) is 10.2. The molecule has 0 spiro atoms. The van der Waals surface area contributed by atoms with Crippen molar-refractivity contribution in [2.45, 2.75) is 0 Å². The molecule has 0 aliphatic heterocycles. The third-order valence-electron chi connectivity index (χ3n) is 2.66. The highest BCUT2D eigenvalue weighted by Crippen LogP contribution is 2.36. The first-order chi connectivity index (χ1) is 10.5. The summed E-state index contributed by atoms with van der Waals surface area (Å²) >= 11 is 10.2. The van der Waals surface area contributed by atoms with Crippen LogP contribution in [0.25, 0.3) is 0 Å². The van der Waals surface area contributed by atoms with E-state index in [4.69, 9.17) is 9.47 Å². The van der Waals surface area contributed by atoms with Gasteiger partial charge in [0.1, 0.15) is 11.5 Å². The van der Waals surface area contributed by atoms with Crippen molar-refractivity contribution in [3.05, 3.63) is 49.8 Å². The fraction of sp³-hybridized carbons (Fsp3) is 0.133. The number of halogens is 3. The van der Waals surface area contributed by atoms with E-state index in [1.54, 1.807) is 25.3 Å². The minimum Gasteiger partial charge on any atom is -0.497 e. The van der Waals surface area contributed by atoms with Crippen LogP contribution in [0, 0.1) is 0 Å². The van der Waals surface area contributed by atoms with Crippen LogP contribution in [0.5, 0.6) is 11.5 Å². The molecule has 2 rings (SSSR count). The number of methoxy groups -OCH3 is 1. The minimum atomic E-state index is -0.255. The van der Waals surface area contributed by atoms with Gasteiger partial charge in [-0.15, -0.1) is 0 Å². The lowest BCUT2D eigenvalue weighted by molar-refractivity contribution is -0.118. The molecule has 0 aliphatic carbocycles. The van der Waals surface area contributed by atoms with Gasteiger partial charge in [0, 0.05) is 16.2 Å². The molecule has 0 aromatic heterocycles. The predicted octanol–water partition coefficient (Wildman–Crippen LogP) is 5.00. The molecule has 1 amide bonds. The first kappa shape index (κ1) is 17.3. The van der Waals surface area contributed by atoms with E-state index in [0.29, 0.717) is 17.2 Å². The molecular weight excluding hydrogens is 482 g/mol. The average molecular weight is 494 g/mol. The summed E-state index contributed by atoms with van der Waals surface area (Å²) in [4.78, 5) is 12.0. The van der Waals surface area contributed by atoms with E-state index in [-0.39, 0.29) is 12.5 Å². The molecule has 22 heavy (non-hydrogen) atoms. The highest BCUT2D eigenvalue weighted by atomic mass is 79.9. The molecule has 1 N–H and O–H groups in total. The summed E-state index contributed by atoms with van der Waals surface area (Å²) < 4.78 is 13.1. The summed E-state index contributed by atoms with van der Waals surface area (Å²) in [6.07, 6.45) is 0. The first-order valence-electron chi connectivity index (χ1n) is 6.21. The summed E-state index contributed by atoms with van der Waals surface area (Å²) in [5.74, 6) is 0.996. The van der Waals surface area contributed by atoms with E-state index >= 15 is 0 Å². The number of carbonyl (C=O) groups is 1. The maximum absolute atomic E-state index is 12.0. The van der Waals surface area contributed by atoms with E-state index in [2.05, 4.69) is 53.1 Å². The van der Waals surface area contributed by atoms with Crippen LogP contribution < -0.4 is 14.8 Å². The van der Waals surface area contributed by atoms with Gasteiger partial charge in [-0.1, -0.05) is 22.0 Å². The summed E-state index contributed by atoms with van der Waals surface area (Å²) in [5.41, 5.74) is 0.655. The molecule has 116 valence electrons. The summed E-state index contributed by atoms with van der Waals surface area (Å²) in [5, 5.41) is 2.75. The Labute approximate surface area is 153 Å². The molecule has 0 unspecified atom stereocenters. The van der Waals surface area contributed by atoms with Crippen LogP contribution in [0.2, 0.25) is 0 Å². The molecule has 0 atom stereocenters. The molecule has 0 radical (unpaired) electrons. The van der Waals surface area contributed by atoms with Crippen LogP contribution in [-0.4, -0.2) is 19.6 Å². The third kappa shape index (κ3) is 4.72. The predicted molar refractivity (Wildman–Crippen MR) is 96.7 cm³/mol. The van der Waals surface area contributed by atoms with E-state index < -0.39 is 0 Å². The first-order valence-corrected chi connectivity index (χ1v) is 8.58. The molecule has 0 saturated heterocycles. The number of ether oxygens (including phenoxy) is 2. The van der Waals surface area contributed by atoms with Gasteiger partial charge >= 0.3 is 0 Å². The molecule has 0 heterocycles. The Kier molecular flexibility index (Phi) is 6.28. The number of hydrogen-bond acceptors (Lipinski definition) is 3. The van der Waals surface area contributed by atoms with Gasteiger partial charge in [0.2, 0.25) is 0 Å². The summed E-state index contributed by atoms with van der Waals surface area (Å²) in [7, 11) is 1.58. The van der Waals surface area contributed by atoms with Crippen molar-refractivity contribution in [2.24, 2.45) is 0 Å². The fourth-order valence-electron chi connectivity index (χ4n) is 1.70. The van der Waals surface area contributed by atoms with Gasteiger partial charge in [0.25, 0.3) is 5.91 Å². The molecule has 2 aromatic rings. The monoisotopic (exact) mass is 491 g/mol. The van der Waals surface area contributed by atoms with E-state index in [9.17, 15) is 4.79 Å². The van der Waals surface area contributed by atoms with Gasteiger partial charge < -0.3 is 14.8 Å². The number of rotatable bonds is 5. The standard InChI is InChI=1S/C15H12Br3NO3/c1-21-11-4-2-3-10(7-11)19-14(20)8-22-15-12(17)5-9(16)6-13(15)18/h2-7H,8H2,1H3,(H,19,20). The fourth-order valence-corrected chi connectivity index (χ4v) is 4.19. The van der Waals surface area contributed by atoms with Crippen LogP contribution in [0.3, 0.4) is 0 Å². The molecular formula is C15H12Br3NO3. The van der Waals surface area contributed by atoms with Crippen molar-refractivity contribution >= 4 is 59.4 Å².